The highest BCUT2D eigenvalue weighted by molar-refractivity contribution is 14.1. The lowest BCUT2D eigenvalue weighted by Gasteiger charge is -2.12. The van der Waals surface area contributed by atoms with Crippen molar-refractivity contribution in [2.45, 2.75) is 18.4 Å². The molecule has 0 aromatic heterocycles. The number of benzene rings is 2. The molecule has 0 aliphatic carbocycles. The minimum absolute atomic E-state index is 0.194. The second kappa shape index (κ2) is 6.51. The van der Waals surface area contributed by atoms with E-state index in [-0.39, 0.29) is 4.90 Å². The molecule has 0 spiro atoms. The Kier molecular flexibility index (Phi) is 5.13. The number of aryl methyl sites for hydroxylation is 1. The van der Waals surface area contributed by atoms with Crippen LogP contribution in [-0.4, -0.2) is 8.42 Å². The number of nitrogens with one attached hydrogen (secondary N) is 1. The standard InChI is InChI=1S/C14H14ClIN2O2S/c1-9-2-4-12(6-10(9)8-17)21(19,20)18-14-5-3-11(15)7-13(14)16/h2-7,18H,8,17H2,1H3. The third-order valence-corrected chi connectivity index (χ3v) is 5.52. The lowest BCUT2D eigenvalue weighted by Crippen LogP contribution is -2.14. The van der Waals surface area contributed by atoms with Crippen LogP contribution in [0.4, 0.5) is 5.69 Å². The van der Waals surface area contributed by atoms with Gasteiger partial charge in [0.05, 0.1) is 10.6 Å². The third-order valence-electron chi connectivity index (χ3n) is 3.03. The minimum atomic E-state index is -3.65. The van der Waals surface area contributed by atoms with Crippen LogP contribution in [0.2, 0.25) is 5.02 Å². The fourth-order valence-corrected chi connectivity index (χ4v) is 4.13. The zero-order valence-electron chi connectivity index (χ0n) is 11.2. The molecule has 2 aromatic carbocycles. The van der Waals surface area contributed by atoms with Crippen molar-refractivity contribution in [3.8, 4) is 0 Å². The summed E-state index contributed by atoms with van der Waals surface area (Å²) < 4.78 is 28.2. The first-order chi connectivity index (χ1) is 9.83. The zero-order valence-corrected chi connectivity index (χ0v) is 15.0. The van der Waals surface area contributed by atoms with Crippen LogP contribution in [0.3, 0.4) is 0 Å². The highest BCUT2D eigenvalue weighted by Crippen LogP contribution is 2.25. The van der Waals surface area contributed by atoms with Crippen LogP contribution in [-0.2, 0) is 16.6 Å². The van der Waals surface area contributed by atoms with Crippen molar-refractivity contribution in [1.29, 1.82) is 0 Å². The summed E-state index contributed by atoms with van der Waals surface area (Å²) in [5, 5.41) is 0.558. The molecular formula is C14H14ClIN2O2S. The van der Waals surface area contributed by atoms with Crippen LogP contribution >= 0.6 is 34.2 Å². The lowest BCUT2D eigenvalue weighted by molar-refractivity contribution is 0.601. The Labute approximate surface area is 142 Å². The largest absolute Gasteiger partial charge is 0.326 e. The van der Waals surface area contributed by atoms with Crippen LogP contribution in [0.5, 0.6) is 0 Å². The lowest BCUT2D eigenvalue weighted by atomic mass is 10.1. The molecule has 0 bridgehead atoms. The maximum absolute atomic E-state index is 12.4. The summed E-state index contributed by atoms with van der Waals surface area (Å²) in [5.74, 6) is 0. The van der Waals surface area contributed by atoms with E-state index in [2.05, 4.69) is 4.72 Å². The molecule has 0 heterocycles. The van der Waals surface area contributed by atoms with E-state index in [0.29, 0.717) is 17.3 Å². The molecule has 0 saturated carbocycles. The van der Waals surface area contributed by atoms with E-state index >= 15 is 0 Å². The van der Waals surface area contributed by atoms with Crippen molar-refractivity contribution in [1.82, 2.24) is 0 Å². The molecule has 0 radical (unpaired) electrons. The van der Waals surface area contributed by atoms with E-state index in [0.717, 1.165) is 14.7 Å². The minimum Gasteiger partial charge on any atom is -0.326 e. The van der Waals surface area contributed by atoms with Gasteiger partial charge in [-0.15, -0.1) is 0 Å². The molecule has 0 saturated heterocycles. The van der Waals surface area contributed by atoms with Crippen molar-refractivity contribution in [3.05, 3.63) is 56.1 Å². The second-order valence-electron chi connectivity index (χ2n) is 4.52. The SMILES string of the molecule is Cc1ccc(S(=O)(=O)Nc2ccc(Cl)cc2I)cc1CN. The zero-order chi connectivity index (χ0) is 15.6. The molecule has 21 heavy (non-hydrogen) atoms. The summed E-state index contributed by atoms with van der Waals surface area (Å²) in [7, 11) is -3.65. The van der Waals surface area contributed by atoms with Gasteiger partial charge in [-0.3, -0.25) is 4.72 Å². The normalized spacial score (nSPS) is 11.4. The van der Waals surface area contributed by atoms with Gasteiger partial charge in [0.15, 0.2) is 0 Å². The van der Waals surface area contributed by atoms with E-state index in [1.807, 2.05) is 29.5 Å². The molecule has 0 aliphatic rings. The molecule has 0 aliphatic heterocycles. The van der Waals surface area contributed by atoms with Gasteiger partial charge in [0, 0.05) is 15.1 Å². The van der Waals surface area contributed by atoms with E-state index in [1.165, 1.54) is 0 Å². The highest BCUT2D eigenvalue weighted by atomic mass is 127. The van der Waals surface area contributed by atoms with E-state index in [4.69, 9.17) is 17.3 Å². The Morgan fingerprint density at radius 2 is 1.95 bits per heavy atom. The monoisotopic (exact) mass is 436 g/mol. The quantitative estimate of drug-likeness (QED) is 0.721. The van der Waals surface area contributed by atoms with E-state index < -0.39 is 10.0 Å². The van der Waals surface area contributed by atoms with Crippen LogP contribution in [0, 0.1) is 10.5 Å². The van der Waals surface area contributed by atoms with Gasteiger partial charge in [-0.2, -0.15) is 0 Å². The number of hydrogen-bond acceptors (Lipinski definition) is 3. The van der Waals surface area contributed by atoms with Gasteiger partial charge in [0.1, 0.15) is 0 Å². The average molecular weight is 437 g/mol. The first-order valence-corrected chi connectivity index (χ1v) is 9.05. The van der Waals surface area contributed by atoms with Crippen LogP contribution in [0.15, 0.2) is 41.3 Å². The predicted molar refractivity (Wildman–Crippen MR) is 94.0 cm³/mol. The highest BCUT2D eigenvalue weighted by Gasteiger charge is 2.16. The average Bonchev–Trinajstić information content (AvgIpc) is 2.42. The fraction of sp³-hybridized carbons (Fsp3) is 0.143. The molecule has 0 atom stereocenters. The van der Waals surface area contributed by atoms with Crippen molar-refractivity contribution < 1.29 is 8.42 Å². The first-order valence-electron chi connectivity index (χ1n) is 6.11. The number of hydrogen-bond donors (Lipinski definition) is 2. The summed E-state index contributed by atoms with van der Waals surface area (Å²) in [6.45, 7) is 2.20. The van der Waals surface area contributed by atoms with Crippen LogP contribution in [0.25, 0.3) is 0 Å². The summed E-state index contributed by atoms with van der Waals surface area (Å²) >= 11 is 7.90. The van der Waals surface area contributed by atoms with Gasteiger partial charge >= 0.3 is 0 Å². The maximum Gasteiger partial charge on any atom is 0.261 e. The molecule has 0 fully saturated rings. The maximum atomic E-state index is 12.4. The molecule has 0 unspecified atom stereocenters. The van der Waals surface area contributed by atoms with Crippen molar-refractivity contribution in [2.75, 3.05) is 4.72 Å². The molecule has 7 heteroatoms. The molecular weight excluding hydrogens is 423 g/mol. The Morgan fingerprint density at radius 1 is 1.24 bits per heavy atom. The second-order valence-corrected chi connectivity index (χ2v) is 7.80. The molecule has 2 aromatic rings. The van der Waals surface area contributed by atoms with Crippen molar-refractivity contribution >= 4 is 49.9 Å². The Morgan fingerprint density at radius 3 is 2.57 bits per heavy atom. The molecule has 3 N–H and O–H groups in total. The predicted octanol–water partition coefficient (Wildman–Crippen LogP) is 3.51. The van der Waals surface area contributed by atoms with Gasteiger partial charge < -0.3 is 5.73 Å². The van der Waals surface area contributed by atoms with Gasteiger partial charge in [-0.25, -0.2) is 8.42 Å². The fourth-order valence-electron chi connectivity index (χ4n) is 1.81. The molecule has 2 rings (SSSR count). The number of anilines is 1. The van der Waals surface area contributed by atoms with Crippen LogP contribution < -0.4 is 10.5 Å². The molecule has 112 valence electrons. The van der Waals surface area contributed by atoms with Crippen LogP contribution in [0.1, 0.15) is 11.1 Å². The third kappa shape index (κ3) is 3.88. The number of halogens is 2. The molecule has 0 amide bonds. The summed E-state index contributed by atoms with van der Waals surface area (Å²) in [5.41, 5.74) is 7.90. The topological polar surface area (TPSA) is 72.2 Å². The molecule has 4 nitrogen and oxygen atoms in total. The summed E-state index contributed by atoms with van der Waals surface area (Å²) in [4.78, 5) is 0.194. The van der Waals surface area contributed by atoms with Gasteiger partial charge in [0.25, 0.3) is 10.0 Å². The van der Waals surface area contributed by atoms with Gasteiger partial charge in [-0.1, -0.05) is 17.7 Å². The summed E-state index contributed by atoms with van der Waals surface area (Å²) in [6, 6.07) is 9.89. The van der Waals surface area contributed by atoms with Crippen molar-refractivity contribution in [2.24, 2.45) is 5.73 Å². The van der Waals surface area contributed by atoms with E-state index in [1.54, 1.807) is 36.4 Å². The smallest absolute Gasteiger partial charge is 0.261 e. The number of sulfonamides is 1. The van der Waals surface area contributed by atoms with Gasteiger partial charge in [0.2, 0.25) is 0 Å². The Hall–Kier alpha value is -0.830. The number of rotatable bonds is 4. The van der Waals surface area contributed by atoms with Crippen molar-refractivity contribution in [3.63, 3.8) is 0 Å². The Bertz CT molecular complexity index is 779. The Balaban J connectivity index is 2.38. The summed E-state index contributed by atoms with van der Waals surface area (Å²) in [6.07, 6.45) is 0. The first kappa shape index (κ1) is 16.5. The number of nitrogens with two attached hydrogens (primary N) is 1. The van der Waals surface area contributed by atoms with Gasteiger partial charge in [-0.05, 0) is 71.0 Å². The van der Waals surface area contributed by atoms with E-state index in [9.17, 15) is 8.42 Å².